The van der Waals surface area contributed by atoms with Crippen molar-refractivity contribution in [2.24, 2.45) is 0 Å². The first-order valence-corrected chi connectivity index (χ1v) is 11.6. The number of carbonyl (C=O) groups is 2. The van der Waals surface area contributed by atoms with Crippen molar-refractivity contribution in [2.75, 3.05) is 7.11 Å². The molecule has 3 aromatic heterocycles. The first-order valence-electron chi connectivity index (χ1n) is 11.6. The number of methoxy groups -OCH3 is 1. The van der Waals surface area contributed by atoms with Gasteiger partial charge >= 0.3 is 6.03 Å². The van der Waals surface area contributed by atoms with Crippen LogP contribution in [0.3, 0.4) is 0 Å². The van der Waals surface area contributed by atoms with E-state index in [2.05, 4.69) is 15.6 Å². The Morgan fingerprint density at radius 1 is 1.03 bits per heavy atom. The summed E-state index contributed by atoms with van der Waals surface area (Å²) >= 11 is 0. The normalized spacial score (nSPS) is 17.1. The Balaban J connectivity index is 1.55. The number of urea groups is 1. The molecule has 10 nitrogen and oxygen atoms in total. The number of ether oxygens (including phenoxy) is 1. The fourth-order valence-electron chi connectivity index (χ4n) is 4.68. The van der Waals surface area contributed by atoms with Gasteiger partial charge in [0.15, 0.2) is 17.2 Å². The number of nitrogens with one attached hydrogen (secondary N) is 2. The van der Waals surface area contributed by atoms with Gasteiger partial charge in [-0.3, -0.25) is 10.1 Å². The highest BCUT2D eigenvalue weighted by Crippen LogP contribution is 2.36. The monoisotopic (exact) mass is 494 g/mol. The number of hydrogen-bond acceptors (Lipinski definition) is 6. The van der Waals surface area contributed by atoms with Gasteiger partial charge in [0.05, 0.1) is 25.0 Å². The molecule has 0 radical (unpaired) electrons. The zero-order chi connectivity index (χ0) is 25.6. The molecule has 1 aliphatic rings. The molecule has 6 rings (SSSR count). The number of nitrogens with zero attached hydrogens (tertiary/aromatic N) is 4. The van der Waals surface area contributed by atoms with E-state index >= 15 is 0 Å². The molecule has 5 aromatic rings. The van der Waals surface area contributed by atoms with Crippen LogP contribution in [0.15, 0.2) is 85.2 Å². The molecule has 10 heteroatoms. The molecule has 3 N–H and O–H groups in total. The number of fused-ring (bicyclic) bond motifs is 1. The highest BCUT2D eigenvalue weighted by atomic mass is 16.5. The number of amides is 3. The lowest BCUT2D eigenvalue weighted by molar-refractivity contribution is -0.125. The summed E-state index contributed by atoms with van der Waals surface area (Å²) in [6, 6.07) is 21.3. The van der Waals surface area contributed by atoms with Crippen molar-refractivity contribution < 1.29 is 19.4 Å². The molecule has 0 spiro atoms. The summed E-state index contributed by atoms with van der Waals surface area (Å²) in [6.07, 6.45) is 3.35. The molecule has 0 saturated carbocycles. The van der Waals surface area contributed by atoms with E-state index in [1.54, 1.807) is 54.5 Å². The standard InChI is InChI=1S/C27H22N6O4/c1-37-19-11-10-18-15-32(24(34)20(18)13-19)16-27(25(35)29-26(36)30-27)22-14-21(17-7-3-2-4-8-17)31-33(22)23-9-5-6-12-28-23/h2-15,34H,16H2,1H3,(H2,29,30,35,36)/t27-/m0/s1. The topological polar surface area (TPSA) is 123 Å². The van der Waals surface area contributed by atoms with Crippen LogP contribution >= 0.6 is 0 Å². The van der Waals surface area contributed by atoms with Crippen molar-refractivity contribution in [1.82, 2.24) is 30.0 Å². The van der Waals surface area contributed by atoms with Crippen molar-refractivity contribution in [2.45, 2.75) is 12.1 Å². The van der Waals surface area contributed by atoms with Gasteiger partial charge in [0.1, 0.15) is 5.75 Å². The van der Waals surface area contributed by atoms with Gasteiger partial charge in [-0.05, 0) is 36.4 Å². The number of hydrogen-bond donors (Lipinski definition) is 3. The molecule has 0 unspecified atom stereocenters. The Labute approximate surface area is 211 Å². The quantitative estimate of drug-likeness (QED) is 0.311. The molecule has 1 fully saturated rings. The van der Waals surface area contributed by atoms with Crippen LogP contribution in [-0.2, 0) is 16.9 Å². The summed E-state index contributed by atoms with van der Waals surface area (Å²) in [5, 5.41) is 22.3. The van der Waals surface area contributed by atoms with Crippen molar-refractivity contribution in [1.29, 1.82) is 0 Å². The fourth-order valence-corrected chi connectivity index (χ4v) is 4.68. The molecular weight excluding hydrogens is 472 g/mol. The first-order chi connectivity index (χ1) is 18.0. The molecule has 184 valence electrons. The fraction of sp³-hybridized carbons (Fsp3) is 0.111. The molecule has 0 aliphatic carbocycles. The van der Waals surface area contributed by atoms with Gasteiger partial charge in [0.25, 0.3) is 5.91 Å². The lowest BCUT2D eigenvalue weighted by Gasteiger charge is -2.27. The number of benzene rings is 2. The van der Waals surface area contributed by atoms with Crippen LogP contribution in [0.5, 0.6) is 11.6 Å². The van der Waals surface area contributed by atoms with Crippen LogP contribution in [0.1, 0.15) is 5.69 Å². The lowest BCUT2D eigenvalue weighted by atomic mass is 9.93. The summed E-state index contributed by atoms with van der Waals surface area (Å²) in [5.41, 5.74) is 0.231. The van der Waals surface area contributed by atoms with E-state index in [1.807, 2.05) is 42.5 Å². The Kier molecular flexibility index (Phi) is 5.15. The molecule has 4 heterocycles. The Morgan fingerprint density at radius 3 is 2.54 bits per heavy atom. The number of imide groups is 1. The van der Waals surface area contributed by atoms with Crippen molar-refractivity contribution in [3.05, 3.63) is 90.9 Å². The van der Waals surface area contributed by atoms with E-state index < -0.39 is 17.5 Å². The first kappa shape index (κ1) is 22.4. The third-order valence-corrected chi connectivity index (χ3v) is 6.50. The molecule has 1 saturated heterocycles. The second-order valence-electron chi connectivity index (χ2n) is 8.73. The molecule has 1 aliphatic heterocycles. The molecule has 3 amide bonds. The maximum absolute atomic E-state index is 13.5. The van der Waals surface area contributed by atoms with Crippen LogP contribution < -0.4 is 15.4 Å². The van der Waals surface area contributed by atoms with Gasteiger partial charge in [0.2, 0.25) is 0 Å². The third-order valence-electron chi connectivity index (χ3n) is 6.50. The zero-order valence-electron chi connectivity index (χ0n) is 19.8. The molecule has 0 bridgehead atoms. The van der Waals surface area contributed by atoms with E-state index in [0.717, 1.165) is 10.9 Å². The van der Waals surface area contributed by atoms with Crippen LogP contribution in [0.25, 0.3) is 27.8 Å². The van der Waals surface area contributed by atoms with E-state index in [4.69, 9.17) is 9.84 Å². The van der Waals surface area contributed by atoms with Gasteiger partial charge in [-0.2, -0.15) is 5.10 Å². The summed E-state index contributed by atoms with van der Waals surface area (Å²) in [4.78, 5) is 30.4. The minimum Gasteiger partial charge on any atom is -0.497 e. The van der Waals surface area contributed by atoms with Gasteiger partial charge in [-0.1, -0.05) is 36.4 Å². The minimum absolute atomic E-state index is 0.0607. The number of rotatable bonds is 6. The van der Waals surface area contributed by atoms with Gasteiger partial charge in [0, 0.05) is 28.7 Å². The van der Waals surface area contributed by atoms with Gasteiger partial charge < -0.3 is 19.7 Å². The van der Waals surface area contributed by atoms with Crippen molar-refractivity contribution in [3.63, 3.8) is 0 Å². The second kappa shape index (κ2) is 8.52. The molecule has 1 atom stereocenters. The SMILES string of the molecule is COc1ccc2cn(C[C@@]3(c4cc(-c5ccccc5)nn4-c4ccccn4)NC(=O)NC3=O)c(O)c2c1. The average molecular weight is 495 g/mol. The number of aromatic nitrogens is 4. The van der Waals surface area contributed by atoms with Gasteiger partial charge in [-0.15, -0.1) is 0 Å². The Morgan fingerprint density at radius 2 is 1.84 bits per heavy atom. The molecular formula is C27H22N6O4. The summed E-state index contributed by atoms with van der Waals surface area (Å²) in [5.74, 6) is 0.431. The van der Waals surface area contributed by atoms with Gasteiger partial charge in [-0.25, -0.2) is 14.5 Å². The van der Waals surface area contributed by atoms with E-state index in [0.29, 0.717) is 28.3 Å². The maximum atomic E-state index is 13.5. The Bertz CT molecular complexity index is 1640. The molecule has 2 aromatic carbocycles. The summed E-state index contributed by atoms with van der Waals surface area (Å²) in [7, 11) is 1.55. The van der Waals surface area contributed by atoms with Crippen LogP contribution in [0, 0.1) is 0 Å². The predicted molar refractivity (Wildman–Crippen MR) is 135 cm³/mol. The summed E-state index contributed by atoms with van der Waals surface area (Å²) < 4.78 is 8.38. The zero-order valence-corrected chi connectivity index (χ0v) is 19.8. The number of aromatic hydroxyl groups is 1. The third kappa shape index (κ3) is 3.66. The minimum atomic E-state index is -1.59. The van der Waals surface area contributed by atoms with Crippen molar-refractivity contribution >= 4 is 22.7 Å². The Hall–Kier alpha value is -5.12. The molecule has 37 heavy (non-hydrogen) atoms. The lowest BCUT2D eigenvalue weighted by Crippen LogP contribution is -2.48. The van der Waals surface area contributed by atoms with Crippen molar-refractivity contribution in [3.8, 4) is 28.7 Å². The predicted octanol–water partition coefficient (Wildman–Crippen LogP) is 3.34. The number of pyridine rings is 1. The van der Waals surface area contributed by atoms with Crippen LogP contribution in [-0.4, -0.2) is 43.5 Å². The van der Waals surface area contributed by atoms with E-state index in [9.17, 15) is 14.7 Å². The summed E-state index contributed by atoms with van der Waals surface area (Å²) in [6.45, 7) is -0.0971. The smallest absolute Gasteiger partial charge is 0.322 e. The highest BCUT2D eigenvalue weighted by Gasteiger charge is 2.51. The average Bonchev–Trinajstić information content (AvgIpc) is 3.59. The van der Waals surface area contributed by atoms with E-state index in [-0.39, 0.29) is 12.4 Å². The largest absolute Gasteiger partial charge is 0.497 e. The van der Waals surface area contributed by atoms with Crippen LogP contribution in [0.4, 0.5) is 4.79 Å². The van der Waals surface area contributed by atoms with E-state index in [1.165, 1.54) is 4.57 Å². The maximum Gasteiger partial charge on any atom is 0.322 e. The number of carbonyl (C=O) groups excluding carboxylic acids is 2. The second-order valence-corrected chi connectivity index (χ2v) is 8.73. The van der Waals surface area contributed by atoms with Crippen LogP contribution in [0.2, 0.25) is 0 Å². The highest BCUT2D eigenvalue weighted by molar-refractivity contribution is 6.07.